The van der Waals surface area contributed by atoms with Crippen LogP contribution in [0.2, 0.25) is 5.02 Å². The molecule has 0 bridgehead atoms. The molecule has 0 aromatic heterocycles. The number of carboxylic acids is 1. The second kappa shape index (κ2) is 3.67. The number of hydrogen-bond donors (Lipinski definition) is 2. The topological polar surface area (TPSA) is 80.4 Å². The average Bonchev–Trinajstić information content (AvgIpc) is 2.08. The number of nitrogens with two attached hydrogens (primary N) is 1. The number of aromatic carboxylic acids is 1. The molecule has 0 heterocycles. The molecule has 4 nitrogen and oxygen atoms in total. The Balaban J connectivity index is 3.41. The zero-order valence-corrected chi connectivity index (χ0v) is 8.13. The van der Waals surface area contributed by atoms with E-state index in [0.29, 0.717) is 0 Å². The average molecular weight is 214 g/mol. The van der Waals surface area contributed by atoms with Gasteiger partial charge >= 0.3 is 5.97 Å². The van der Waals surface area contributed by atoms with Gasteiger partial charge < -0.3 is 10.8 Å². The van der Waals surface area contributed by atoms with Crippen molar-refractivity contribution in [3.8, 4) is 0 Å². The molecule has 0 aliphatic carbocycles. The van der Waals surface area contributed by atoms with Crippen molar-refractivity contribution >= 4 is 29.0 Å². The summed E-state index contributed by atoms with van der Waals surface area (Å²) in [6, 6.07) is 2.62. The lowest BCUT2D eigenvalue weighted by Crippen LogP contribution is -2.05. The molecule has 0 fully saturated rings. The fraction of sp³-hybridized carbons (Fsp3) is 0.111. The molecule has 1 aromatic carbocycles. The zero-order chi connectivity index (χ0) is 10.9. The molecule has 0 radical (unpaired) electrons. The van der Waals surface area contributed by atoms with E-state index in [0.717, 1.165) is 0 Å². The van der Waals surface area contributed by atoms with Gasteiger partial charge in [-0.05, 0) is 19.1 Å². The van der Waals surface area contributed by atoms with Crippen LogP contribution < -0.4 is 5.73 Å². The fourth-order valence-electron chi connectivity index (χ4n) is 1.05. The number of carboxylic acid groups (broad SMARTS) is 1. The molecule has 0 saturated heterocycles. The maximum atomic E-state index is 11.0. The number of carbonyl (C=O) groups excluding carboxylic acids is 1. The van der Waals surface area contributed by atoms with Crippen molar-refractivity contribution in [3.63, 3.8) is 0 Å². The monoisotopic (exact) mass is 213 g/mol. The van der Waals surface area contributed by atoms with E-state index in [4.69, 9.17) is 22.4 Å². The van der Waals surface area contributed by atoms with E-state index in [-0.39, 0.29) is 27.6 Å². The number of nitrogen functional groups attached to an aromatic ring is 1. The third-order valence-corrected chi connectivity index (χ3v) is 2.20. The van der Waals surface area contributed by atoms with Gasteiger partial charge in [-0.2, -0.15) is 0 Å². The Bertz CT molecular complexity index is 376. The van der Waals surface area contributed by atoms with Gasteiger partial charge in [-0.25, -0.2) is 4.79 Å². The Kier molecular flexibility index (Phi) is 2.76. The van der Waals surface area contributed by atoms with Gasteiger partial charge in [-0.15, -0.1) is 0 Å². The standard InChI is InChI=1S/C9H8ClNO3/c1-4(12)5-2-3-6(9(13)14)8(11)7(5)10/h2-3H,11H2,1H3,(H,13,14). The normalized spacial score (nSPS) is 9.86. The lowest BCUT2D eigenvalue weighted by atomic mass is 10.1. The molecule has 0 amide bonds. The number of hydrogen-bond acceptors (Lipinski definition) is 3. The van der Waals surface area contributed by atoms with Gasteiger partial charge in [0.25, 0.3) is 0 Å². The zero-order valence-electron chi connectivity index (χ0n) is 7.37. The Morgan fingerprint density at radius 1 is 1.36 bits per heavy atom. The Morgan fingerprint density at radius 2 is 1.86 bits per heavy atom. The van der Waals surface area contributed by atoms with Gasteiger partial charge in [0.2, 0.25) is 0 Å². The number of benzene rings is 1. The molecule has 1 rings (SSSR count). The summed E-state index contributed by atoms with van der Waals surface area (Å²) >= 11 is 5.73. The number of Topliss-reactive ketones (excluding diaryl/α,β-unsaturated/α-hetero) is 1. The first-order valence-electron chi connectivity index (χ1n) is 3.77. The summed E-state index contributed by atoms with van der Waals surface area (Å²) in [5.41, 5.74) is 5.51. The van der Waals surface area contributed by atoms with Crippen molar-refractivity contribution in [3.05, 3.63) is 28.3 Å². The highest BCUT2D eigenvalue weighted by Crippen LogP contribution is 2.27. The lowest BCUT2D eigenvalue weighted by molar-refractivity contribution is 0.0697. The first kappa shape index (κ1) is 10.5. The van der Waals surface area contributed by atoms with Crippen LogP contribution >= 0.6 is 11.6 Å². The van der Waals surface area contributed by atoms with Gasteiger partial charge in [0.1, 0.15) is 0 Å². The van der Waals surface area contributed by atoms with Crippen LogP contribution in [0.25, 0.3) is 0 Å². The molecule has 74 valence electrons. The van der Waals surface area contributed by atoms with E-state index >= 15 is 0 Å². The third kappa shape index (κ3) is 1.70. The predicted molar refractivity (Wildman–Crippen MR) is 52.8 cm³/mol. The van der Waals surface area contributed by atoms with Crippen molar-refractivity contribution in [2.45, 2.75) is 6.92 Å². The molecule has 0 spiro atoms. The summed E-state index contributed by atoms with van der Waals surface area (Å²) in [6.07, 6.45) is 0. The number of carbonyl (C=O) groups is 2. The first-order chi connectivity index (χ1) is 6.45. The maximum Gasteiger partial charge on any atom is 0.337 e. The highest BCUT2D eigenvalue weighted by atomic mass is 35.5. The fourth-order valence-corrected chi connectivity index (χ4v) is 1.35. The minimum absolute atomic E-state index is 0.00241. The number of halogens is 1. The Labute approximate surface area is 85.3 Å². The summed E-state index contributed by atoms with van der Waals surface area (Å²) in [6.45, 7) is 1.33. The van der Waals surface area contributed by atoms with E-state index in [9.17, 15) is 9.59 Å². The van der Waals surface area contributed by atoms with Crippen LogP contribution in [0.4, 0.5) is 5.69 Å². The largest absolute Gasteiger partial charge is 0.478 e. The van der Waals surface area contributed by atoms with Crippen LogP contribution in [0.1, 0.15) is 27.6 Å². The molecule has 1 aromatic rings. The van der Waals surface area contributed by atoms with E-state index in [1.807, 2.05) is 0 Å². The molecule has 14 heavy (non-hydrogen) atoms. The smallest absolute Gasteiger partial charge is 0.337 e. The summed E-state index contributed by atoms with van der Waals surface area (Å²) in [5.74, 6) is -1.42. The van der Waals surface area contributed by atoms with Crippen LogP contribution in [0.3, 0.4) is 0 Å². The summed E-state index contributed by atoms with van der Waals surface area (Å²) in [7, 11) is 0. The lowest BCUT2D eigenvalue weighted by Gasteiger charge is -2.06. The molecule has 0 saturated carbocycles. The van der Waals surface area contributed by atoms with Gasteiger partial charge in [-0.1, -0.05) is 11.6 Å². The highest BCUT2D eigenvalue weighted by molar-refractivity contribution is 6.37. The van der Waals surface area contributed by atoms with Gasteiger partial charge in [0.05, 0.1) is 16.3 Å². The molecular weight excluding hydrogens is 206 g/mol. The van der Waals surface area contributed by atoms with Gasteiger partial charge in [-0.3, -0.25) is 4.79 Å². The van der Waals surface area contributed by atoms with Gasteiger partial charge in [0.15, 0.2) is 5.78 Å². The van der Waals surface area contributed by atoms with Crippen molar-refractivity contribution in [1.29, 1.82) is 0 Å². The van der Waals surface area contributed by atoms with Crippen LogP contribution in [0, 0.1) is 0 Å². The molecule has 0 aliphatic heterocycles. The Hall–Kier alpha value is -1.55. The van der Waals surface area contributed by atoms with Crippen molar-refractivity contribution < 1.29 is 14.7 Å². The molecule has 0 atom stereocenters. The van der Waals surface area contributed by atoms with Crippen LogP contribution in [0.5, 0.6) is 0 Å². The minimum Gasteiger partial charge on any atom is -0.478 e. The molecule has 5 heteroatoms. The SMILES string of the molecule is CC(=O)c1ccc(C(=O)O)c(N)c1Cl. The van der Waals surface area contributed by atoms with E-state index in [2.05, 4.69) is 0 Å². The highest BCUT2D eigenvalue weighted by Gasteiger charge is 2.15. The maximum absolute atomic E-state index is 11.0. The number of rotatable bonds is 2. The molecule has 3 N–H and O–H groups in total. The summed E-state index contributed by atoms with van der Waals surface area (Å²) in [4.78, 5) is 21.6. The molecular formula is C9H8ClNO3. The van der Waals surface area contributed by atoms with E-state index in [1.165, 1.54) is 19.1 Å². The third-order valence-electron chi connectivity index (χ3n) is 1.79. The second-order valence-electron chi connectivity index (χ2n) is 2.75. The van der Waals surface area contributed by atoms with Crippen molar-refractivity contribution in [1.82, 2.24) is 0 Å². The predicted octanol–water partition coefficient (Wildman–Crippen LogP) is 1.82. The number of anilines is 1. The van der Waals surface area contributed by atoms with Crippen molar-refractivity contribution in [2.24, 2.45) is 0 Å². The van der Waals surface area contributed by atoms with Crippen molar-refractivity contribution in [2.75, 3.05) is 5.73 Å². The molecule has 0 aliphatic rings. The summed E-state index contributed by atoms with van der Waals surface area (Å²) in [5, 5.41) is 8.69. The van der Waals surface area contributed by atoms with Crippen LogP contribution in [0.15, 0.2) is 12.1 Å². The minimum atomic E-state index is -1.17. The van der Waals surface area contributed by atoms with Crippen LogP contribution in [-0.2, 0) is 0 Å². The van der Waals surface area contributed by atoms with Gasteiger partial charge in [0, 0.05) is 5.56 Å². The molecule has 0 unspecified atom stereocenters. The first-order valence-corrected chi connectivity index (χ1v) is 4.15. The Morgan fingerprint density at radius 3 is 2.29 bits per heavy atom. The quantitative estimate of drug-likeness (QED) is 0.580. The second-order valence-corrected chi connectivity index (χ2v) is 3.13. The number of ketones is 1. The van der Waals surface area contributed by atoms with Crippen LogP contribution in [-0.4, -0.2) is 16.9 Å². The summed E-state index contributed by atoms with van der Waals surface area (Å²) < 4.78 is 0. The van der Waals surface area contributed by atoms with E-state index in [1.54, 1.807) is 0 Å². The van der Waals surface area contributed by atoms with E-state index < -0.39 is 5.97 Å².